The van der Waals surface area contributed by atoms with Crippen LogP contribution >= 0.6 is 15.9 Å². The molecule has 0 saturated heterocycles. The van der Waals surface area contributed by atoms with Gasteiger partial charge in [-0.2, -0.15) is 0 Å². The summed E-state index contributed by atoms with van der Waals surface area (Å²) in [6.45, 7) is 7.29. The largest absolute Gasteiger partial charge is 0.352 e. The van der Waals surface area contributed by atoms with Crippen LogP contribution in [0.2, 0.25) is 0 Å². The molecule has 0 bridgehead atoms. The molecule has 0 radical (unpaired) electrons. The van der Waals surface area contributed by atoms with Gasteiger partial charge < -0.3 is 10.6 Å². The molecule has 1 aromatic rings. The van der Waals surface area contributed by atoms with E-state index in [1.807, 2.05) is 32.9 Å². The van der Waals surface area contributed by atoms with Crippen LogP contribution in [0.5, 0.6) is 0 Å². The maximum absolute atomic E-state index is 12.1. The molecule has 0 saturated carbocycles. The lowest BCUT2D eigenvalue weighted by Gasteiger charge is -2.16. The van der Waals surface area contributed by atoms with Crippen molar-refractivity contribution in [1.29, 1.82) is 0 Å². The molecule has 0 aliphatic rings. The van der Waals surface area contributed by atoms with Crippen molar-refractivity contribution in [3.63, 3.8) is 0 Å². The van der Waals surface area contributed by atoms with E-state index in [9.17, 15) is 9.59 Å². The second kappa shape index (κ2) is 6.70. The normalized spacial score (nSPS) is 12.1. The van der Waals surface area contributed by atoms with Crippen molar-refractivity contribution in [3.05, 3.63) is 33.8 Å². The minimum absolute atomic E-state index is 0.0551. The number of hydrogen-bond acceptors (Lipinski definition) is 2. The summed E-state index contributed by atoms with van der Waals surface area (Å²) < 4.78 is 0.836. The minimum atomic E-state index is -0.562. The van der Waals surface area contributed by atoms with Gasteiger partial charge in [0.25, 0.3) is 5.91 Å². The van der Waals surface area contributed by atoms with Crippen molar-refractivity contribution in [1.82, 2.24) is 10.6 Å². The summed E-state index contributed by atoms with van der Waals surface area (Å²) >= 11 is 3.33. The first-order valence-electron chi connectivity index (χ1n) is 6.18. The second-order valence-electron chi connectivity index (χ2n) is 4.82. The van der Waals surface area contributed by atoms with Gasteiger partial charge in [0.05, 0.1) is 0 Å². The van der Waals surface area contributed by atoms with Gasteiger partial charge >= 0.3 is 0 Å². The van der Waals surface area contributed by atoms with Gasteiger partial charge in [0.1, 0.15) is 6.04 Å². The van der Waals surface area contributed by atoms with Crippen LogP contribution in [0.1, 0.15) is 36.7 Å². The molecule has 104 valence electrons. The van der Waals surface area contributed by atoms with E-state index in [1.165, 1.54) is 0 Å². The third-order valence-electron chi connectivity index (χ3n) is 2.62. The third kappa shape index (κ3) is 4.67. The molecule has 0 fully saturated rings. The van der Waals surface area contributed by atoms with Crippen LogP contribution in [0.3, 0.4) is 0 Å². The third-order valence-corrected chi connectivity index (χ3v) is 3.11. The summed E-state index contributed by atoms with van der Waals surface area (Å²) in [5, 5.41) is 5.46. The van der Waals surface area contributed by atoms with E-state index in [1.54, 1.807) is 13.0 Å². The highest BCUT2D eigenvalue weighted by Gasteiger charge is 2.18. The van der Waals surface area contributed by atoms with Crippen molar-refractivity contribution >= 4 is 27.7 Å². The Labute approximate surface area is 122 Å². The van der Waals surface area contributed by atoms with E-state index in [2.05, 4.69) is 26.6 Å². The molecular formula is C14H19BrN2O2. The van der Waals surface area contributed by atoms with Gasteiger partial charge in [-0.15, -0.1) is 0 Å². The Kier molecular flexibility index (Phi) is 5.54. The maximum atomic E-state index is 12.1. The number of carbonyl (C=O) groups excluding carboxylic acids is 2. The number of aryl methyl sites for hydroxylation is 1. The molecule has 0 aromatic heterocycles. The van der Waals surface area contributed by atoms with Gasteiger partial charge in [0.15, 0.2) is 0 Å². The van der Waals surface area contributed by atoms with Crippen LogP contribution in [0.4, 0.5) is 0 Å². The molecule has 1 rings (SSSR count). The van der Waals surface area contributed by atoms with Crippen LogP contribution in [0.25, 0.3) is 0 Å². The van der Waals surface area contributed by atoms with E-state index >= 15 is 0 Å². The molecule has 0 heterocycles. The quantitative estimate of drug-likeness (QED) is 0.892. The number of carbonyl (C=O) groups is 2. The topological polar surface area (TPSA) is 58.2 Å². The molecule has 1 unspecified atom stereocenters. The summed E-state index contributed by atoms with van der Waals surface area (Å²) in [7, 11) is 0. The second-order valence-corrected chi connectivity index (χ2v) is 5.73. The zero-order chi connectivity index (χ0) is 14.6. The van der Waals surface area contributed by atoms with Crippen molar-refractivity contribution in [2.75, 3.05) is 0 Å². The van der Waals surface area contributed by atoms with Gasteiger partial charge in [-0.25, -0.2) is 0 Å². The smallest absolute Gasteiger partial charge is 0.252 e. The van der Waals surface area contributed by atoms with Gasteiger partial charge in [-0.3, -0.25) is 9.59 Å². The van der Waals surface area contributed by atoms with Crippen LogP contribution < -0.4 is 10.6 Å². The molecule has 1 atom stereocenters. The molecule has 5 heteroatoms. The number of benzene rings is 1. The Bertz CT molecular complexity index is 486. The van der Waals surface area contributed by atoms with Crippen molar-refractivity contribution in [2.45, 2.75) is 39.8 Å². The Morgan fingerprint density at radius 2 is 1.79 bits per heavy atom. The average molecular weight is 327 g/mol. The molecule has 2 N–H and O–H groups in total. The van der Waals surface area contributed by atoms with Gasteiger partial charge in [-0.05, 0) is 45.4 Å². The summed E-state index contributed by atoms with van der Waals surface area (Å²) in [5.74, 6) is -0.429. The first kappa shape index (κ1) is 15.7. The Hall–Kier alpha value is -1.36. The highest BCUT2D eigenvalue weighted by Crippen LogP contribution is 2.16. The molecule has 0 spiro atoms. The molecule has 1 aromatic carbocycles. The molecule has 19 heavy (non-hydrogen) atoms. The molecule has 4 nitrogen and oxygen atoms in total. The number of rotatable bonds is 4. The summed E-state index contributed by atoms with van der Waals surface area (Å²) in [6, 6.07) is 4.98. The van der Waals surface area contributed by atoms with E-state index in [4.69, 9.17) is 0 Å². The van der Waals surface area contributed by atoms with Gasteiger partial charge in [0.2, 0.25) is 5.91 Å². The van der Waals surface area contributed by atoms with E-state index < -0.39 is 6.04 Å². The Morgan fingerprint density at radius 1 is 1.16 bits per heavy atom. The fourth-order valence-electron chi connectivity index (χ4n) is 1.59. The number of hydrogen-bond donors (Lipinski definition) is 2. The number of nitrogens with one attached hydrogen (secondary N) is 2. The SMILES string of the molecule is Cc1ccc(Br)cc1C(=O)NC(C)C(=O)NC(C)C. The fourth-order valence-corrected chi connectivity index (χ4v) is 1.95. The predicted molar refractivity (Wildman–Crippen MR) is 79.1 cm³/mol. The lowest BCUT2D eigenvalue weighted by atomic mass is 10.1. The van der Waals surface area contributed by atoms with E-state index in [-0.39, 0.29) is 17.9 Å². The molecule has 0 aliphatic heterocycles. The average Bonchev–Trinajstić information content (AvgIpc) is 2.31. The van der Waals surface area contributed by atoms with Gasteiger partial charge in [0, 0.05) is 16.1 Å². The van der Waals surface area contributed by atoms with Crippen LogP contribution in [-0.2, 0) is 4.79 Å². The standard InChI is InChI=1S/C14H19BrN2O2/c1-8(2)16-13(18)10(4)17-14(19)12-7-11(15)6-5-9(12)3/h5-8,10H,1-4H3,(H,16,18)(H,17,19). The Balaban J connectivity index is 2.74. The van der Waals surface area contributed by atoms with Crippen LogP contribution in [-0.4, -0.2) is 23.9 Å². The molecular weight excluding hydrogens is 308 g/mol. The zero-order valence-electron chi connectivity index (χ0n) is 11.6. The lowest BCUT2D eigenvalue weighted by molar-refractivity contribution is -0.123. The summed E-state index contributed by atoms with van der Waals surface area (Å²) in [4.78, 5) is 23.8. The molecule has 0 aliphatic carbocycles. The predicted octanol–water partition coefficient (Wildman–Crippen LogP) is 2.40. The minimum Gasteiger partial charge on any atom is -0.352 e. The first-order valence-corrected chi connectivity index (χ1v) is 6.98. The Morgan fingerprint density at radius 3 is 2.37 bits per heavy atom. The van der Waals surface area contributed by atoms with Crippen LogP contribution in [0, 0.1) is 6.92 Å². The lowest BCUT2D eigenvalue weighted by Crippen LogP contribution is -2.46. The molecule has 2 amide bonds. The maximum Gasteiger partial charge on any atom is 0.252 e. The highest BCUT2D eigenvalue weighted by molar-refractivity contribution is 9.10. The summed E-state index contributed by atoms with van der Waals surface area (Å²) in [5.41, 5.74) is 1.44. The van der Waals surface area contributed by atoms with Crippen LogP contribution in [0.15, 0.2) is 22.7 Å². The number of halogens is 1. The summed E-state index contributed by atoms with van der Waals surface area (Å²) in [6.07, 6.45) is 0. The van der Waals surface area contributed by atoms with Crippen molar-refractivity contribution < 1.29 is 9.59 Å². The van der Waals surface area contributed by atoms with Crippen molar-refractivity contribution in [2.24, 2.45) is 0 Å². The number of amides is 2. The zero-order valence-corrected chi connectivity index (χ0v) is 13.2. The van der Waals surface area contributed by atoms with Gasteiger partial charge in [-0.1, -0.05) is 22.0 Å². The first-order chi connectivity index (χ1) is 8.81. The fraction of sp³-hybridized carbons (Fsp3) is 0.429. The van der Waals surface area contributed by atoms with E-state index in [0.717, 1.165) is 10.0 Å². The monoisotopic (exact) mass is 326 g/mol. The van der Waals surface area contributed by atoms with Crippen molar-refractivity contribution in [3.8, 4) is 0 Å². The van der Waals surface area contributed by atoms with E-state index in [0.29, 0.717) is 5.56 Å². The highest BCUT2D eigenvalue weighted by atomic mass is 79.9.